The molecule has 0 spiro atoms. The molecule has 1 fully saturated rings. The van der Waals surface area contributed by atoms with Crippen LogP contribution in [-0.2, 0) is 9.53 Å². The summed E-state index contributed by atoms with van der Waals surface area (Å²) in [6.07, 6.45) is 2.19. The van der Waals surface area contributed by atoms with Crippen LogP contribution in [0.25, 0.3) is 0 Å². The minimum Gasteiger partial charge on any atom is -0.467 e. The first-order valence-electron chi connectivity index (χ1n) is 6.68. The standard InChI is InChI=1S/C14H16N2O5/c1-21-14(18)12-7-2-3-8-15(12)13(17)10-5-4-6-11(9-10)16(19)20/h4-6,9,12H,2-3,7-8H2,1H3/t12-/m0/s1. The first kappa shape index (κ1) is 15.0. The Kier molecular flexibility index (Phi) is 4.52. The van der Waals surface area contributed by atoms with Crippen LogP contribution in [0.5, 0.6) is 0 Å². The van der Waals surface area contributed by atoms with Crippen LogP contribution in [0, 0.1) is 10.1 Å². The molecule has 0 unspecified atom stereocenters. The number of esters is 1. The second-order valence-corrected chi connectivity index (χ2v) is 4.84. The predicted octanol–water partition coefficient (Wildman–Crippen LogP) is 1.76. The number of nitro benzene ring substituents is 1. The maximum atomic E-state index is 12.5. The number of hydrogen-bond donors (Lipinski definition) is 0. The van der Waals surface area contributed by atoms with Gasteiger partial charge >= 0.3 is 5.97 Å². The molecule has 0 aliphatic carbocycles. The van der Waals surface area contributed by atoms with Crippen molar-refractivity contribution in [1.82, 2.24) is 4.90 Å². The Hall–Kier alpha value is -2.44. The van der Waals surface area contributed by atoms with E-state index in [4.69, 9.17) is 4.74 Å². The lowest BCUT2D eigenvalue weighted by Crippen LogP contribution is -2.48. The van der Waals surface area contributed by atoms with E-state index in [1.165, 1.54) is 36.3 Å². The maximum absolute atomic E-state index is 12.5. The minimum absolute atomic E-state index is 0.146. The second-order valence-electron chi connectivity index (χ2n) is 4.84. The van der Waals surface area contributed by atoms with Gasteiger partial charge in [-0.2, -0.15) is 0 Å². The van der Waals surface area contributed by atoms with Crippen LogP contribution in [0.4, 0.5) is 5.69 Å². The zero-order valence-corrected chi connectivity index (χ0v) is 11.7. The molecular weight excluding hydrogens is 276 g/mol. The molecule has 0 bridgehead atoms. The summed E-state index contributed by atoms with van der Waals surface area (Å²) in [4.78, 5) is 35.9. The summed E-state index contributed by atoms with van der Waals surface area (Å²) < 4.78 is 4.73. The normalized spacial score (nSPS) is 18.1. The third-order valence-electron chi connectivity index (χ3n) is 3.54. The highest BCUT2D eigenvalue weighted by Gasteiger charge is 2.33. The van der Waals surface area contributed by atoms with Crippen LogP contribution in [0.15, 0.2) is 24.3 Å². The Balaban J connectivity index is 2.26. The number of amides is 1. The third kappa shape index (κ3) is 3.18. The van der Waals surface area contributed by atoms with Crippen LogP contribution in [0.1, 0.15) is 29.6 Å². The van der Waals surface area contributed by atoms with Crippen LogP contribution >= 0.6 is 0 Å². The van der Waals surface area contributed by atoms with E-state index in [-0.39, 0.29) is 17.2 Å². The van der Waals surface area contributed by atoms with E-state index in [0.717, 1.165) is 12.8 Å². The molecule has 1 atom stereocenters. The van der Waals surface area contributed by atoms with E-state index >= 15 is 0 Å². The molecule has 1 aromatic carbocycles. The van der Waals surface area contributed by atoms with Crippen molar-refractivity contribution in [3.05, 3.63) is 39.9 Å². The monoisotopic (exact) mass is 292 g/mol. The van der Waals surface area contributed by atoms with Crippen molar-refractivity contribution in [2.45, 2.75) is 25.3 Å². The van der Waals surface area contributed by atoms with E-state index in [9.17, 15) is 19.7 Å². The molecule has 1 aliphatic heterocycles. The van der Waals surface area contributed by atoms with Crippen molar-refractivity contribution < 1.29 is 19.2 Å². The van der Waals surface area contributed by atoms with Crippen LogP contribution in [0.2, 0.25) is 0 Å². The number of benzene rings is 1. The molecule has 1 aliphatic rings. The van der Waals surface area contributed by atoms with E-state index in [0.29, 0.717) is 13.0 Å². The van der Waals surface area contributed by atoms with Gasteiger partial charge in [0.05, 0.1) is 12.0 Å². The number of piperidine rings is 1. The van der Waals surface area contributed by atoms with Gasteiger partial charge in [-0.15, -0.1) is 0 Å². The SMILES string of the molecule is COC(=O)[C@@H]1CCCCN1C(=O)c1cccc([N+](=O)[O-])c1. The van der Waals surface area contributed by atoms with Gasteiger partial charge in [0.15, 0.2) is 0 Å². The fourth-order valence-corrected chi connectivity index (χ4v) is 2.47. The number of nitro groups is 1. The van der Waals surface area contributed by atoms with Crippen molar-refractivity contribution in [2.75, 3.05) is 13.7 Å². The van der Waals surface area contributed by atoms with E-state index in [2.05, 4.69) is 0 Å². The number of carbonyl (C=O) groups is 2. The Labute approximate surface area is 121 Å². The molecule has 1 heterocycles. The van der Waals surface area contributed by atoms with Gasteiger partial charge in [0.2, 0.25) is 0 Å². The molecule has 1 aromatic rings. The summed E-state index contributed by atoms with van der Waals surface area (Å²) >= 11 is 0. The van der Waals surface area contributed by atoms with Crippen LogP contribution < -0.4 is 0 Å². The number of ether oxygens (including phenoxy) is 1. The summed E-state index contributed by atoms with van der Waals surface area (Å²) in [5.41, 5.74) is 0.0625. The average Bonchev–Trinajstić information content (AvgIpc) is 2.53. The van der Waals surface area contributed by atoms with Gasteiger partial charge in [-0.05, 0) is 25.3 Å². The Bertz CT molecular complexity index is 572. The number of methoxy groups -OCH3 is 1. The van der Waals surface area contributed by atoms with Crippen molar-refractivity contribution in [1.29, 1.82) is 0 Å². The minimum atomic E-state index is -0.615. The smallest absolute Gasteiger partial charge is 0.328 e. The number of non-ortho nitro benzene ring substituents is 1. The maximum Gasteiger partial charge on any atom is 0.328 e. The van der Waals surface area contributed by atoms with Crippen LogP contribution in [0.3, 0.4) is 0 Å². The number of likely N-dealkylation sites (tertiary alicyclic amines) is 1. The Morgan fingerprint density at radius 1 is 1.38 bits per heavy atom. The lowest BCUT2D eigenvalue weighted by Gasteiger charge is -2.33. The number of carbonyl (C=O) groups excluding carboxylic acids is 2. The summed E-state index contributed by atoms with van der Waals surface area (Å²) in [5, 5.41) is 10.8. The van der Waals surface area contributed by atoms with Gasteiger partial charge in [-0.25, -0.2) is 4.79 Å². The van der Waals surface area contributed by atoms with Gasteiger partial charge in [0, 0.05) is 24.2 Å². The van der Waals surface area contributed by atoms with Gasteiger partial charge in [0.25, 0.3) is 11.6 Å². The van der Waals surface area contributed by atoms with Gasteiger partial charge < -0.3 is 9.64 Å². The fourth-order valence-electron chi connectivity index (χ4n) is 2.47. The zero-order chi connectivity index (χ0) is 15.4. The van der Waals surface area contributed by atoms with Crippen molar-refractivity contribution in [3.8, 4) is 0 Å². The van der Waals surface area contributed by atoms with Crippen molar-refractivity contribution >= 4 is 17.6 Å². The largest absolute Gasteiger partial charge is 0.467 e. The quantitative estimate of drug-likeness (QED) is 0.481. The highest BCUT2D eigenvalue weighted by molar-refractivity contribution is 5.97. The van der Waals surface area contributed by atoms with E-state index in [1.807, 2.05) is 0 Å². The second kappa shape index (κ2) is 6.34. The summed E-state index contributed by atoms with van der Waals surface area (Å²) in [6, 6.07) is 4.91. The van der Waals surface area contributed by atoms with Gasteiger partial charge in [-0.1, -0.05) is 6.07 Å². The van der Waals surface area contributed by atoms with Crippen molar-refractivity contribution in [3.63, 3.8) is 0 Å². The lowest BCUT2D eigenvalue weighted by molar-refractivity contribution is -0.384. The van der Waals surface area contributed by atoms with Crippen LogP contribution in [-0.4, -0.2) is 41.4 Å². The predicted molar refractivity (Wildman–Crippen MR) is 73.8 cm³/mol. The first-order valence-corrected chi connectivity index (χ1v) is 6.68. The molecule has 0 aromatic heterocycles. The van der Waals surface area contributed by atoms with E-state index < -0.39 is 16.9 Å². The van der Waals surface area contributed by atoms with Crippen molar-refractivity contribution in [2.24, 2.45) is 0 Å². The molecule has 0 N–H and O–H groups in total. The molecule has 21 heavy (non-hydrogen) atoms. The zero-order valence-electron chi connectivity index (χ0n) is 11.7. The lowest BCUT2D eigenvalue weighted by atomic mass is 10.0. The topological polar surface area (TPSA) is 89.8 Å². The molecule has 0 saturated carbocycles. The highest BCUT2D eigenvalue weighted by Crippen LogP contribution is 2.22. The molecule has 0 radical (unpaired) electrons. The van der Waals surface area contributed by atoms with Gasteiger partial charge in [0.1, 0.15) is 6.04 Å². The fraction of sp³-hybridized carbons (Fsp3) is 0.429. The highest BCUT2D eigenvalue weighted by atomic mass is 16.6. The van der Waals surface area contributed by atoms with E-state index in [1.54, 1.807) is 0 Å². The molecule has 1 saturated heterocycles. The third-order valence-corrected chi connectivity index (χ3v) is 3.54. The molecular formula is C14H16N2O5. The molecule has 2 rings (SSSR count). The number of hydrogen-bond acceptors (Lipinski definition) is 5. The molecule has 112 valence electrons. The Morgan fingerprint density at radius 2 is 2.14 bits per heavy atom. The number of rotatable bonds is 3. The summed E-state index contributed by atoms with van der Waals surface area (Å²) in [7, 11) is 1.28. The molecule has 1 amide bonds. The molecule has 7 nitrogen and oxygen atoms in total. The summed E-state index contributed by atoms with van der Waals surface area (Å²) in [6.45, 7) is 0.446. The number of nitrogens with zero attached hydrogens (tertiary/aromatic N) is 2. The average molecular weight is 292 g/mol. The van der Waals surface area contributed by atoms with Gasteiger partial charge in [-0.3, -0.25) is 14.9 Å². The summed E-state index contributed by atoms with van der Waals surface area (Å²) in [5.74, 6) is -0.831. The molecule has 7 heteroatoms. The Morgan fingerprint density at radius 3 is 2.81 bits per heavy atom. The first-order chi connectivity index (χ1) is 10.0.